The number of aromatic nitrogens is 4. The van der Waals surface area contributed by atoms with Gasteiger partial charge in [-0.3, -0.25) is 9.36 Å². The van der Waals surface area contributed by atoms with Crippen LogP contribution in [0.15, 0.2) is 69.0 Å². The van der Waals surface area contributed by atoms with Crippen LogP contribution in [-0.4, -0.2) is 19.7 Å². The molecule has 5 rings (SSSR count). The van der Waals surface area contributed by atoms with E-state index < -0.39 is 0 Å². The molecule has 2 heterocycles. The molecule has 2 aromatic carbocycles. The molecule has 6 nitrogen and oxygen atoms in total. The topological polar surface area (TPSA) is 73.8 Å². The molecular formula is C22H20N4O2S. The van der Waals surface area contributed by atoms with Gasteiger partial charge < -0.3 is 4.42 Å². The molecule has 4 aromatic rings. The molecule has 0 bridgehead atoms. The monoisotopic (exact) mass is 404 g/mol. The van der Waals surface area contributed by atoms with Crippen molar-refractivity contribution in [2.24, 2.45) is 0 Å². The lowest BCUT2D eigenvalue weighted by Gasteiger charge is -2.18. The first-order chi connectivity index (χ1) is 14.3. The summed E-state index contributed by atoms with van der Waals surface area (Å²) < 4.78 is 7.70. The Kier molecular flexibility index (Phi) is 4.89. The Bertz CT molecular complexity index is 1200. The molecule has 2 aromatic heterocycles. The van der Waals surface area contributed by atoms with E-state index in [0.29, 0.717) is 22.9 Å². The van der Waals surface area contributed by atoms with Gasteiger partial charge in [0.2, 0.25) is 11.8 Å². The summed E-state index contributed by atoms with van der Waals surface area (Å²) in [7, 11) is 0. The fourth-order valence-electron chi connectivity index (χ4n) is 3.85. The molecule has 7 heteroatoms. The summed E-state index contributed by atoms with van der Waals surface area (Å²) in [5, 5.41) is 9.71. The third-order valence-electron chi connectivity index (χ3n) is 5.28. The van der Waals surface area contributed by atoms with Crippen LogP contribution in [0.3, 0.4) is 0 Å². The fraction of sp³-hybridized carbons (Fsp3) is 0.273. The first kappa shape index (κ1) is 18.1. The van der Waals surface area contributed by atoms with E-state index in [1.165, 1.54) is 11.8 Å². The van der Waals surface area contributed by atoms with E-state index in [1.54, 1.807) is 0 Å². The third kappa shape index (κ3) is 3.58. The molecule has 1 fully saturated rings. The van der Waals surface area contributed by atoms with Gasteiger partial charge in [-0.15, -0.1) is 10.2 Å². The number of thioether (sulfide) groups is 1. The number of hydrogen-bond donors (Lipinski definition) is 0. The molecule has 0 amide bonds. The highest BCUT2D eigenvalue weighted by molar-refractivity contribution is 7.98. The molecule has 0 radical (unpaired) electrons. The van der Waals surface area contributed by atoms with Crippen LogP contribution in [0.1, 0.15) is 37.6 Å². The molecule has 0 N–H and O–H groups in total. The number of rotatable bonds is 5. The average molecular weight is 404 g/mol. The van der Waals surface area contributed by atoms with Gasteiger partial charge >= 0.3 is 0 Å². The smallest absolute Gasteiger partial charge is 0.262 e. The van der Waals surface area contributed by atoms with E-state index in [4.69, 9.17) is 9.40 Å². The lowest BCUT2D eigenvalue weighted by Crippen LogP contribution is -2.26. The maximum Gasteiger partial charge on any atom is 0.262 e. The maximum absolute atomic E-state index is 13.2. The molecule has 29 heavy (non-hydrogen) atoms. The predicted octanol–water partition coefficient (Wildman–Crippen LogP) is 4.85. The molecule has 0 aliphatic heterocycles. The largest absolute Gasteiger partial charge is 0.420 e. The summed E-state index contributed by atoms with van der Waals surface area (Å²) in [6.07, 6.45) is 4.34. The number of fused-ring (bicyclic) bond motifs is 1. The first-order valence-corrected chi connectivity index (χ1v) is 10.8. The van der Waals surface area contributed by atoms with E-state index in [2.05, 4.69) is 10.2 Å². The number of benzene rings is 2. The Labute approximate surface area is 172 Å². The SMILES string of the molecule is O=c1c2ccccc2nc(SCc2nnc(-c3ccccc3)o2)n1C1CCCC1. The molecule has 0 unspecified atom stereocenters. The van der Waals surface area contributed by atoms with Gasteiger partial charge in [0, 0.05) is 11.6 Å². The van der Waals surface area contributed by atoms with E-state index >= 15 is 0 Å². The zero-order chi connectivity index (χ0) is 19.6. The molecular weight excluding hydrogens is 384 g/mol. The first-order valence-electron chi connectivity index (χ1n) is 9.81. The van der Waals surface area contributed by atoms with Crippen molar-refractivity contribution in [3.05, 3.63) is 70.8 Å². The summed E-state index contributed by atoms with van der Waals surface area (Å²) >= 11 is 1.48. The number of nitrogens with zero attached hydrogens (tertiary/aromatic N) is 4. The minimum absolute atomic E-state index is 0.0421. The van der Waals surface area contributed by atoms with E-state index in [0.717, 1.165) is 41.9 Å². The van der Waals surface area contributed by atoms with Crippen LogP contribution >= 0.6 is 11.8 Å². The molecule has 1 aliphatic carbocycles. The van der Waals surface area contributed by atoms with Crippen LogP contribution in [0.5, 0.6) is 0 Å². The molecule has 1 aliphatic rings. The summed E-state index contributed by atoms with van der Waals surface area (Å²) in [5.74, 6) is 1.49. The molecule has 0 atom stereocenters. The maximum atomic E-state index is 13.2. The molecule has 0 saturated heterocycles. The van der Waals surface area contributed by atoms with Crippen molar-refractivity contribution in [3.8, 4) is 11.5 Å². The van der Waals surface area contributed by atoms with Crippen LogP contribution in [0, 0.1) is 0 Å². The fourth-order valence-corrected chi connectivity index (χ4v) is 4.75. The average Bonchev–Trinajstić information content (AvgIpc) is 3.45. The van der Waals surface area contributed by atoms with Crippen LogP contribution in [-0.2, 0) is 5.75 Å². The van der Waals surface area contributed by atoms with Crippen molar-refractivity contribution in [2.45, 2.75) is 42.6 Å². The second-order valence-electron chi connectivity index (χ2n) is 7.18. The van der Waals surface area contributed by atoms with Crippen LogP contribution in [0.4, 0.5) is 0 Å². The van der Waals surface area contributed by atoms with Crippen LogP contribution in [0.2, 0.25) is 0 Å². The summed E-state index contributed by atoms with van der Waals surface area (Å²) in [6.45, 7) is 0. The Hall–Kier alpha value is -2.93. The van der Waals surface area contributed by atoms with Gasteiger partial charge in [0.25, 0.3) is 5.56 Å². The molecule has 146 valence electrons. The van der Waals surface area contributed by atoms with E-state index in [-0.39, 0.29) is 11.6 Å². The van der Waals surface area contributed by atoms with Gasteiger partial charge in [-0.2, -0.15) is 0 Å². The Balaban J connectivity index is 1.46. The van der Waals surface area contributed by atoms with Crippen molar-refractivity contribution in [1.82, 2.24) is 19.7 Å². The minimum Gasteiger partial charge on any atom is -0.420 e. The Morgan fingerprint density at radius 3 is 2.59 bits per heavy atom. The highest BCUT2D eigenvalue weighted by Gasteiger charge is 2.23. The van der Waals surface area contributed by atoms with Crippen molar-refractivity contribution >= 4 is 22.7 Å². The summed E-state index contributed by atoms with van der Waals surface area (Å²) in [4.78, 5) is 18.0. The third-order valence-corrected chi connectivity index (χ3v) is 6.22. The lowest BCUT2D eigenvalue weighted by atomic mass is 10.2. The summed E-state index contributed by atoms with van der Waals surface area (Å²) in [6, 6.07) is 17.5. The Morgan fingerprint density at radius 2 is 1.76 bits per heavy atom. The minimum atomic E-state index is 0.0421. The van der Waals surface area contributed by atoms with Crippen molar-refractivity contribution in [3.63, 3.8) is 0 Å². The summed E-state index contributed by atoms with van der Waals surface area (Å²) in [5.41, 5.74) is 1.66. The van der Waals surface area contributed by atoms with E-state index in [9.17, 15) is 4.79 Å². The zero-order valence-electron chi connectivity index (χ0n) is 15.8. The quantitative estimate of drug-likeness (QED) is 0.350. The number of para-hydroxylation sites is 1. The van der Waals surface area contributed by atoms with Gasteiger partial charge in [-0.1, -0.05) is 54.9 Å². The lowest BCUT2D eigenvalue weighted by molar-refractivity contribution is 0.457. The van der Waals surface area contributed by atoms with Crippen LogP contribution < -0.4 is 5.56 Å². The Morgan fingerprint density at radius 1 is 1.00 bits per heavy atom. The van der Waals surface area contributed by atoms with Gasteiger partial charge in [0.1, 0.15) is 0 Å². The normalized spacial score (nSPS) is 14.6. The second kappa shape index (κ2) is 7.83. The van der Waals surface area contributed by atoms with Gasteiger partial charge in [0.05, 0.1) is 16.7 Å². The highest BCUT2D eigenvalue weighted by Crippen LogP contribution is 2.33. The van der Waals surface area contributed by atoms with Gasteiger partial charge in [0.15, 0.2) is 5.16 Å². The molecule has 1 saturated carbocycles. The van der Waals surface area contributed by atoms with E-state index in [1.807, 2.05) is 59.2 Å². The zero-order valence-corrected chi connectivity index (χ0v) is 16.6. The highest BCUT2D eigenvalue weighted by atomic mass is 32.2. The standard InChI is InChI=1S/C22H20N4O2S/c27-21-17-12-6-7-13-18(17)23-22(26(21)16-10-4-5-11-16)29-14-19-24-25-20(28-19)15-8-2-1-3-9-15/h1-3,6-9,12-13,16H,4-5,10-11,14H2. The van der Waals surface area contributed by atoms with Crippen molar-refractivity contribution in [2.75, 3.05) is 0 Å². The van der Waals surface area contributed by atoms with Gasteiger partial charge in [-0.25, -0.2) is 4.98 Å². The second-order valence-corrected chi connectivity index (χ2v) is 8.12. The van der Waals surface area contributed by atoms with Crippen molar-refractivity contribution < 1.29 is 4.42 Å². The van der Waals surface area contributed by atoms with Gasteiger partial charge in [-0.05, 0) is 37.1 Å². The van der Waals surface area contributed by atoms with Crippen molar-refractivity contribution in [1.29, 1.82) is 0 Å². The number of hydrogen-bond acceptors (Lipinski definition) is 6. The van der Waals surface area contributed by atoms with Crippen LogP contribution in [0.25, 0.3) is 22.4 Å². The molecule has 0 spiro atoms. The predicted molar refractivity (Wildman–Crippen MR) is 113 cm³/mol.